The fourth-order valence-corrected chi connectivity index (χ4v) is 4.10. The summed E-state index contributed by atoms with van der Waals surface area (Å²) >= 11 is 0. The maximum absolute atomic E-state index is 11.0. The zero-order chi connectivity index (χ0) is 17.2. The smallest absolute Gasteiger partial charge is 0.306 e. The number of rotatable bonds is 4. The Morgan fingerprint density at radius 2 is 1.88 bits per heavy atom. The summed E-state index contributed by atoms with van der Waals surface area (Å²) in [4.78, 5) is 15.7. The van der Waals surface area contributed by atoms with Crippen LogP contribution in [-0.4, -0.2) is 26.7 Å². The number of hydrogen-bond donors (Lipinski definition) is 2. The van der Waals surface area contributed by atoms with Crippen molar-refractivity contribution in [2.75, 3.05) is 5.32 Å². The highest BCUT2D eigenvalue weighted by atomic mass is 16.4. The van der Waals surface area contributed by atoms with Gasteiger partial charge in [0, 0.05) is 35.7 Å². The molecule has 4 rings (SSSR count). The van der Waals surface area contributed by atoms with E-state index >= 15 is 0 Å². The van der Waals surface area contributed by atoms with E-state index in [0.717, 1.165) is 55.7 Å². The second kappa shape index (κ2) is 6.90. The maximum Gasteiger partial charge on any atom is 0.306 e. The van der Waals surface area contributed by atoms with Crippen LogP contribution in [0.25, 0.3) is 11.4 Å². The van der Waals surface area contributed by atoms with Crippen LogP contribution in [0.5, 0.6) is 0 Å². The first-order valence-corrected chi connectivity index (χ1v) is 9.35. The second-order valence-electron chi connectivity index (χ2n) is 7.29. The minimum Gasteiger partial charge on any atom is -0.481 e. The molecule has 5 nitrogen and oxygen atoms in total. The molecule has 1 aromatic carbocycles. The van der Waals surface area contributed by atoms with E-state index in [1.165, 1.54) is 18.5 Å². The molecule has 0 radical (unpaired) electrons. The van der Waals surface area contributed by atoms with E-state index in [2.05, 4.69) is 39.1 Å². The van der Waals surface area contributed by atoms with Gasteiger partial charge in [0.15, 0.2) is 0 Å². The van der Waals surface area contributed by atoms with E-state index in [1.807, 2.05) is 6.20 Å². The van der Waals surface area contributed by atoms with Crippen molar-refractivity contribution in [3.05, 3.63) is 36.2 Å². The molecule has 132 valence electrons. The predicted octanol–water partition coefficient (Wildman–Crippen LogP) is 3.94. The number of aliphatic carboxylic acids is 1. The summed E-state index contributed by atoms with van der Waals surface area (Å²) < 4.78 is 2.35. The van der Waals surface area contributed by atoms with E-state index in [1.54, 1.807) is 0 Å². The molecule has 2 aliphatic rings. The summed E-state index contributed by atoms with van der Waals surface area (Å²) in [5.41, 5.74) is 3.61. The van der Waals surface area contributed by atoms with Gasteiger partial charge in [0.05, 0.1) is 5.92 Å². The second-order valence-corrected chi connectivity index (χ2v) is 7.29. The van der Waals surface area contributed by atoms with Gasteiger partial charge in [0.1, 0.15) is 5.82 Å². The monoisotopic (exact) mass is 339 g/mol. The van der Waals surface area contributed by atoms with Crippen LogP contribution in [0.1, 0.15) is 44.2 Å². The maximum atomic E-state index is 11.0. The van der Waals surface area contributed by atoms with E-state index in [9.17, 15) is 4.79 Å². The van der Waals surface area contributed by atoms with E-state index < -0.39 is 5.97 Å². The lowest BCUT2D eigenvalue weighted by molar-refractivity contribution is -0.142. The Morgan fingerprint density at radius 1 is 1.12 bits per heavy atom. The molecule has 2 heterocycles. The number of carbonyl (C=O) groups is 1. The number of aromatic nitrogens is 2. The van der Waals surface area contributed by atoms with Crippen molar-refractivity contribution in [2.45, 2.75) is 57.5 Å². The van der Waals surface area contributed by atoms with Gasteiger partial charge >= 0.3 is 5.97 Å². The number of hydrogen-bond acceptors (Lipinski definition) is 3. The summed E-state index contributed by atoms with van der Waals surface area (Å²) in [6, 6.07) is 8.87. The zero-order valence-corrected chi connectivity index (χ0v) is 14.4. The Labute approximate surface area is 148 Å². The standard InChI is InChI=1S/C20H25N3O2/c24-20(25)15-6-10-17(11-7-15)22-16-8-4-14(5-9-16)19-21-13-18-3-1-2-12-23(18)19/h4-5,8-9,13,15,17,22H,1-3,6-7,10-12H2,(H,24,25). The summed E-state index contributed by atoms with van der Waals surface area (Å²) in [6.07, 6.45) is 9.02. The van der Waals surface area contributed by atoms with Crippen LogP contribution in [0.4, 0.5) is 5.69 Å². The molecule has 0 saturated heterocycles. The first-order chi connectivity index (χ1) is 12.2. The minimum atomic E-state index is -0.647. The summed E-state index contributed by atoms with van der Waals surface area (Å²) in [5.74, 6) is 0.265. The van der Waals surface area contributed by atoms with Crippen LogP contribution in [0.15, 0.2) is 30.5 Å². The van der Waals surface area contributed by atoms with Crippen molar-refractivity contribution in [2.24, 2.45) is 5.92 Å². The Hall–Kier alpha value is -2.30. The van der Waals surface area contributed by atoms with Crippen LogP contribution in [0.3, 0.4) is 0 Å². The molecular formula is C20H25N3O2. The number of carboxylic acid groups (broad SMARTS) is 1. The molecule has 1 saturated carbocycles. The molecule has 0 bridgehead atoms. The van der Waals surface area contributed by atoms with E-state index in [4.69, 9.17) is 5.11 Å². The molecule has 2 N–H and O–H groups in total. The Bertz CT molecular complexity index is 743. The van der Waals surface area contributed by atoms with Gasteiger partial charge in [0.2, 0.25) is 0 Å². The van der Waals surface area contributed by atoms with Crippen molar-refractivity contribution < 1.29 is 9.90 Å². The van der Waals surface area contributed by atoms with E-state index in [-0.39, 0.29) is 5.92 Å². The Morgan fingerprint density at radius 3 is 2.60 bits per heavy atom. The largest absolute Gasteiger partial charge is 0.481 e. The molecule has 5 heteroatoms. The summed E-state index contributed by atoms with van der Waals surface area (Å²) in [7, 11) is 0. The van der Waals surface area contributed by atoms with Crippen molar-refractivity contribution in [1.29, 1.82) is 0 Å². The fourth-order valence-electron chi connectivity index (χ4n) is 4.10. The first kappa shape index (κ1) is 16.2. The number of fused-ring (bicyclic) bond motifs is 1. The average molecular weight is 339 g/mol. The van der Waals surface area contributed by atoms with Crippen LogP contribution in [-0.2, 0) is 17.8 Å². The average Bonchev–Trinajstić information content (AvgIpc) is 3.07. The van der Waals surface area contributed by atoms with Crippen molar-refractivity contribution in [3.8, 4) is 11.4 Å². The van der Waals surface area contributed by atoms with Gasteiger partial charge in [0.25, 0.3) is 0 Å². The van der Waals surface area contributed by atoms with Gasteiger partial charge < -0.3 is 15.0 Å². The number of nitrogens with one attached hydrogen (secondary N) is 1. The molecule has 0 spiro atoms. The molecule has 1 aliphatic heterocycles. The fraction of sp³-hybridized carbons (Fsp3) is 0.500. The lowest BCUT2D eigenvalue weighted by Crippen LogP contribution is -2.29. The number of benzene rings is 1. The number of carboxylic acids is 1. The van der Waals surface area contributed by atoms with Crippen molar-refractivity contribution >= 4 is 11.7 Å². The highest BCUT2D eigenvalue weighted by Gasteiger charge is 2.25. The van der Waals surface area contributed by atoms with Gasteiger partial charge in [-0.3, -0.25) is 4.79 Å². The molecule has 1 aliphatic carbocycles. The third kappa shape index (κ3) is 3.41. The number of aryl methyl sites for hydroxylation is 1. The van der Waals surface area contributed by atoms with Gasteiger partial charge in [-0.05, 0) is 69.2 Å². The molecular weight excluding hydrogens is 314 g/mol. The normalized spacial score (nSPS) is 23.0. The van der Waals surface area contributed by atoms with Gasteiger partial charge in [-0.2, -0.15) is 0 Å². The molecule has 0 atom stereocenters. The molecule has 25 heavy (non-hydrogen) atoms. The molecule has 1 fully saturated rings. The molecule has 0 unspecified atom stereocenters. The van der Waals surface area contributed by atoms with Crippen LogP contribution < -0.4 is 5.32 Å². The van der Waals surface area contributed by atoms with Gasteiger partial charge in [-0.1, -0.05) is 0 Å². The minimum absolute atomic E-state index is 0.160. The van der Waals surface area contributed by atoms with Crippen molar-refractivity contribution in [3.63, 3.8) is 0 Å². The van der Waals surface area contributed by atoms with Crippen molar-refractivity contribution in [1.82, 2.24) is 9.55 Å². The molecule has 0 amide bonds. The Kier molecular flexibility index (Phi) is 4.47. The SMILES string of the molecule is O=C(O)C1CCC(Nc2ccc(-c3ncc4n3CCCC4)cc2)CC1. The highest BCUT2D eigenvalue weighted by molar-refractivity contribution is 5.70. The molecule has 2 aromatic rings. The molecule has 1 aromatic heterocycles. The van der Waals surface area contributed by atoms with Crippen LogP contribution in [0.2, 0.25) is 0 Å². The Balaban J connectivity index is 1.41. The van der Waals surface area contributed by atoms with Crippen LogP contribution in [0, 0.1) is 5.92 Å². The lowest BCUT2D eigenvalue weighted by atomic mass is 9.86. The number of imidazole rings is 1. The van der Waals surface area contributed by atoms with Gasteiger partial charge in [-0.25, -0.2) is 4.98 Å². The summed E-state index contributed by atoms with van der Waals surface area (Å²) in [6.45, 7) is 1.07. The van der Waals surface area contributed by atoms with E-state index in [0.29, 0.717) is 6.04 Å². The quantitative estimate of drug-likeness (QED) is 0.885. The highest BCUT2D eigenvalue weighted by Crippen LogP contribution is 2.29. The zero-order valence-electron chi connectivity index (χ0n) is 14.4. The van der Waals surface area contributed by atoms with Crippen LogP contribution >= 0.6 is 0 Å². The summed E-state index contributed by atoms with van der Waals surface area (Å²) in [5, 5.41) is 12.6. The predicted molar refractivity (Wildman–Crippen MR) is 97.6 cm³/mol. The first-order valence-electron chi connectivity index (χ1n) is 9.35. The third-order valence-corrected chi connectivity index (χ3v) is 5.59. The number of nitrogens with zero attached hydrogens (tertiary/aromatic N) is 2. The third-order valence-electron chi connectivity index (χ3n) is 5.59. The van der Waals surface area contributed by atoms with Gasteiger partial charge in [-0.15, -0.1) is 0 Å². The lowest BCUT2D eigenvalue weighted by Gasteiger charge is -2.27. The topological polar surface area (TPSA) is 67.2 Å². The number of anilines is 1.